The number of fused-ring (bicyclic) bond motifs is 1. The highest BCUT2D eigenvalue weighted by atomic mass is 32.1. The minimum Gasteiger partial charge on any atom is -0.363 e. The second kappa shape index (κ2) is 7.08. The van der Waals surface area contributed by atoms with E-state index >= 15 is 0 Å². The first-order chi connectivity index (χ1) is 13.5. The summed E-state index contributed by atoms with van der Waals surface area (Å²) in [6.07, 6.45) is 4.19. The van der Waals surface area contributed by atoms with Crippen molar-refractivity contribution in [1.82, 2.24) is 14.5 Å². The van der Waals surface area contributed by atoms with Crippen LogP contribution in [0.15, 0.2) is 58.3 Å². The van der Waals surface area contributed by atoms with Crippen LogP contribution in [0.2, 0.25) is 0 Å². The SMILES string of the molecule is Cc1ccc(C(=O)Nc2ccon2)cc1NC(=O)c1cn2c(=O)ccnc2s1. The van der Waals surface area contributed by atoms with Crippen LogP contribution in [0.25, 0.3) is 4.96 Å². The third kappa shape index (κ3) is 3.40. The molecule has 0 spiro atoms. The first kappa shape index (κ1) is 17.6. The van der Waals surface area contributed by atoms with E-state index in [4.69, 9.17) is 0 Å². The summed E-state index contributed by atoms with van der Waals surface area (Å²) in [7, 11) is 0. The minimum atomic E-state index is -0.396. The van der Waals surface area contributed by atoms with Crippen molar-refractivity contribution in [3.8, 4) is 0 Å². The zero-order chi connectivity index (χ0) is 19.7. The molecular weight excluding hydrogens is 382 g/mol. The third-order valence-electron chi connectivity index (χ3n) is 3.94. The summed E-state index contributed by atoms with van der Waals surface area (Å²) in [6.45, 7) is 1.81. The van der Waals surface area contributed by atoms with Gasteiger partial charge in [-0.2, -0.15) is 0 Å². The van der Waals surface area contributed by atoms with E-state index in [1.807, 2.05) is 6.92 Å². The van der Waals surface area contributed by atoms with Crippen molar-refractivity contribution in [2.24, 2.45) is 0 Å². The van der Waals surface area contributed by atoms with Gasteiger partial charge >= 0.3 is 0 Å². The van der Waals surface area contributed by atoms with E-state index in [2.05, 4.69) is 25.3 Å². The molecule has 2 amide bonds. The molecule has 10 heteroatoms. The van der Waals surface area contributed by atoms with Crippen LogP contribution in [0.5, 0.6) is 0 Å². The van der Waals surface area contributed by atoms with Gasteiger partial charge in [-0.05, 0) is 24.6 Å². The van der Waals surface area contributed by atoms with Gasteiger partial charge in [0.1, 0.15) is 11.1 Å². The first-order valence-corrected chi connectivity index (χ1v) is 8.94. The van der Waals surface area contributed by atoms with Crippen LogP contribution in [0.3, 0.4) is 0 Å². The number of amides is 2. The molecular formula is C18H13N5O4S. The Morgan fingerprint density at radius 3 is 2.75 bits per heavy atom. The van der Waals surface area contributed by atoms with Crippen LogP contribution in [0, 0.1) is 6.92 Å². The fourth-order valence-corrected chi connectivity index (χ4v) is 3.34. The lowest BCUT2D eigenvalue weighted by molar-refractivity contribution is 0.101. The quantitative estimate of drug-likeness (QED) is 0.548. The lowest BCUT2D eigenvalue weighted by Crippen LogP contribution is -2.15. The van der Waals surface area contributed by atoms with Crippen LogP contribution < -0.4 is 16.2 Å². The fourth-order valence-electron chi connectivity index (χ4n) is 2.49. The molecule has 0 aliphatic carbocycles. The lowest BCUT2D eigenvalue weighted by atomic mass is 10.1. The number of carbonyl (C=O) groups excluding carboxylic acids is 2. The maximum atomic E-state index is 12.6. The maximum absolute atomic E-state index is 12.6. The summed E-state index contributed by atoms with van der Waals surface area (Å²) in [5, 5.41) is 9.00. The fraction of sp³-hybridized carbons (Fsp3) is 0.0556. The molecule has 0 aliphatic heterocycles. The average molecular weight is 395 g/mol. The number of rotatable bonds is 4. The molecule has 0 radical (unpaired) electrons. The molecule has 28 heavy (non-hydrogen) atoms. The first-order valence-electron chi connectivity index (χ1n) is 8.12. The van der Waals surface area contributed by atoms with Crippen LogP contribution in [-0.4, -0.2) is 26.4 Å². The van der Waals surface area contributed by atoms with E-state index in [1.165, 1.54) is 35.2 Å². The molecule has 4 aromatic rings. The van der Waals surface area contributed by atoms with Crippen molar-refractivity contribution in [3.63, 3.8) is 0 Å². The van der Waals surface area contributed by atoms with Gasteiger partial charge in [0, 0.05) is 35.8 Å². The summed E-state index contributed by atoms with van der Waals surface area (Å²) in [5.41, 5.74) is 1.35. The van der Waals surface area contributed by atoms with E-state index in [-0.39, 0.29) is 11.5 Å². The average Bonchev–Trinajstić information content (AvgIpc) is 3.33. The topological polar surface area (TPSA) is 119 Å². The molecule has 140 valence electrons. The predicted octanol–water partition coefficient (Wildman–Crippen LogP) is 2.56. The number of hydrogen-bond donors (Lipinski definition) is 2. The normalized spacial score (nSPS) is 10.8. The van der Waals surface area contributed by atoms with Gasteiger partial charge in [-0.25, -0.2) is 4.98 Å². The van der Waals surface area contributed by atoms with Gasteiger partial charge < -0.3 is 15.2 Å². The van der Waals surface area contributed by atoms with E-state index in [1.54, 1.807) is 18.2 Å². The second-order valence-corrected chi connectivity index (χ2v) is 6.86. The summed E-state index contributed by atoms with van der Waals surface area (Å²) in [6, 6.07) is 7.78. The van der Waals surface area contributed by atoms with Crippen molar-refractivity contribution < 1.29 is 14.1 Å². The van der Waals surface area contributed by atoms with Crippen LogP contribution in [-0.2, 0) is 0 Å². The molecule has 0 atom stereocenters. The Morgan fingerprint density at radius 2 is 2.00 bits per heavy atom. The maximum Gasteiger partial charge on any atom is 0.267 e. The lowest BCUT2D eigenvalue weighted by Gasteiger charge is -2.09. The Balaban J connectivity index is 1.58. The number of thiazole rings is 1. The highest BCUT2D eigenvalue weighted by Crippen LogP contribution is 2.21. The van der Waals surface area contributed by atoms with Crippen molar-refractivity contribution in [1.29, 1.82) is 0 Å². The highest BCUT2D eigenvalue weighted by Gasteiger charge is 2.15. The van der Waals surface area contributed by atoms with Gasteiger partial charge in [-0.1, -0.05) is 22.6 Å². The van der Waals surface area contributed by atoms with Crippen molar-refractivity contribution in [3.05, 3.63) is 75.3 Å². The number of benzene rings is 1. The van der Waals surface area contributed by atoms with E-state index < -0.39 is 5.91 Å². The predicted molar refractivity (Wildman–Crippen MR) is 103 cm³/mol. The van der Waals surface area contributed by atoms with E-state index in [0.29, 0.717) is 26.9 Å². The number of hydrogen-bond acceptors (Lipinski definition) is 7. The summed E-state index contributed by atoms with van der Waals surface area (Å²) in [4.78, 5) is 41.6. The number of nitrogens with one attached hydrogen (secondary N) is 2. The zero-order valence-electron chi connectivity index (χ0n) is 14.5. The van der Waals surface area contributed by atoms with Gasteiger partial charge in [-0.15, -0.1) is 0 Å². The van der Waals surface area contributed by atoms with Gasteiger partial charge in [0.25, 0.3) is 17.4 Å². The van der Waals surface area contributed by atoms with Crippen LogP contribution in [0.1, 0.15) is 25.6 Å². The number of anilines is 2. The van der Waals surface area contributed by atoms with E-state index in [9.17, 15) is 14.4 Å². The Bertz CT molecular complexity index is 1240. The molecule has 9 nitrogen and oxygen atoms in total. The highest BCUT2D eigenvalue weighted by molar-refractivity contribution is 7.18. The van der Waals surface area contributed by atoms with Crippen molar-refractivity contribution in [2.75, 3.05) is 10.6 Å². The molecule has 0 fully saturated rings. The van der Waals surface area contributed by atoms with E-state index in [0.717, 1.165) is 16.9 Å². The summed E-state index contributed by atoms with van der Waals surface area (Å²) >= 11 is 1.10. The van der Waals surface area contributed by atoms with Crippen molar-refractivity contribution >= 4 is 39.6 Å². The second-order valence-electron chi connectivity index (χ2n) is 5.85. The van der Waals surface area contributed by atoms with Gasteiger partial charge in [0.05, 0.1) is 0 Å². The Labute approximate surface area is 161 Å². The Kier molecular flexibility index (Phi) is 4.45. The summed E-state index contributed by atoms with van der Waals surface area (Å²) < 4.78 is 5.99. The van der Waals surface area contributed by atoms with Crippen LogP contribution in [0.4, 0.5) is 11.5 Å². The number of nitrogens with zero attached hydrogens (tertiary/aromatic N) is 3. The molecule has 0 bridgehead atoms. The molecule has 2 N–H and O–H groups in total. The van der Waals surface area contributed by atoms with Gasteiger partial charge in [-0.3, -0.25) is 18.8 Å². The van der Waals surface area contributed by atoms with Crippen molar-refractivity contribution in [2.45, 2.75) is 6.92 Å². The van der Waals surface area contributed by atoms with Gasteiger partial charge in [0.15, 0.2) is 10.8 Å². The summed E-state index contributed by atoms with van der Waals surface area (Å²) in [5.74, 6) is -0.492. The minimum absolute atomic E-state index is 0.261. The molecule has 3 heterocycles. The molecule has 0 saturated carbocycles. The molecule has 0 unspecified atom stereocenters. The molecule has 3 aromatic heterocycles. The van der Waals surface area contributed by atoms with Crippen LogP contribution >= 0.6 is 11.3 Å². The standard InChI is InChI=1S/C18H13N5O4S/c1-10-2-3-11(16(25)21-14-5-7-27-22-14)8-12(10)20-17(26)13-9-23-15(24)4-6-19-18(23)28-13/h2-9H,1H3,(H,20,26)(H,21,22,25). The molecule has 0 saturated heterocycles. The monoisotopic (exact) mass is 395 g/mol. The number of aryl methyl sites for hydroxylation is 1. The molecule has 0 aliphatic rings. The van der Waals surface area contributed by atoms with Gasteiger partial charge in [0.2, 0.25) is 0 Å². The number of aromatic nitrogens is 3. The Morgan fingerprint density at radius 1 is 1.14 bits per heavy atom. The zero-order valence-corrected chi connectivity index (χ0v) is 15.3. The Hall–Kier alpha value is -3.79. The largest absolute Gasteiger partial charge is 0.363 e. The third-order valence-corrected chi connectivity index (χ3v) is 4.94. The molecule has 4 rings (SSSR count). The smallest absolute Gasteiger partial charge is 0.267 e. The number of carbonyl (C=O) groups is 2. The molecule has 1 aromatic carbocycles.